The number of carbonyl (C=O) groups excluding carboxylic acids is 1. The lowest BCUT2D eigenvalue weighted by molar-refractivity contribution is -0.122. The van der Waals surface area contributed by atoms with Gasteiger partial charge >= 0.3 is 0 Å². The van der Waals surface area contributed by atoms with E-state index in [0.29, 0.717) is 0 Å². The van der Waals surface area contributed by atoms with Crippen LogP contribution in [0.1, 0.15) is 33.1 Å². The van der Waals surface area contributed by atoms with Gasteiger partial charge in [0.1, 0.15) is 0 Å². The minimum Gasteiger partial charge on any atom is -0.358 e. The molecule has 0 aromatic rings. The second-order valence-electron chi connectivity index (χ2n) is 2.97. The van der Waals surface area contributed by atoms with Crippen molar-refractivity contribution in [3.05, 3.63) is 0 Å². The lowest BCUT2D eigenvalue weighted by atomic mass is 10.2. The lowest BCUT2D eigenvalue weighted by Crippen LogP contribution is -2.38. The van der Waals surface area contributed by atoms with Crippen LogP contribution < -0.4 is 10.6 Å². The molecule has 0 bridgehead atoms. The summed E-state index contributed by atoms with van der Waals surface area (Å²) >= 11 is 0. The first-order valence-corrected chi connectivity index (χ1v) is 4.71. The predicted octanol–water partition coefficient (Wildman–Crippen LogP) is 0.901. The molecule has 1 amide bonds. The average molecular weight is 172 g/mol. The molecule has 0 spiro atoms. The molecule has 1 aliphatic heterocycles. The molecule has 0 aliphatic carbocycles. The first kappa shape index (κ1) is 11.4. The molecular weight excluding hydrogens is 152 g/mol. The molecule has 0 aromatic carbocycles. The van der Waals surface area contributed by atoms with E-state index in [1.54, 1.807) is 7.05 Å². The third kappa shape index (κ3) is 4.34. The monoisotopic (exact) mass is 172 g/mol. The van der Waals surface area contributed by atoms with Crippen LogP contribution >= 0.6 is 0 Å². The van der Waals surface area contributed by atoms with Crippen LogP contribution in [0.5, 0.6) is 0 Å². The molecule has 0 radical (unpaired) electrons. The predicted molar refractivity (Wildman–Crippen MR) is 51.1 cm³/mol. The summed E-state index contributed by atoms with van der Waals surface area (Å²) in [6.07, 6.45) is 3.36. The van der Waals surface area contributed by atoms with Crippen LogP contribution in [0, 0.1) is 0 Å². The maximum absolute atomic E-state index is 10.8. The van der Waals surface area contributed by atoms with E-state index < -0.39 is 0 Å². The van der Waals surface area contributed by atoms with Gasteiger partial charge in [-0.2, -0.15) is 0 Å². The summed E-state index contributed by atoms with van der Waals surface area (Å²) in [7, 11) is 1.67. The lowest BCUT2D eigenvalue weighted by Gasteiger charge is -2.05. The highest BCUT2D eigenvalue weighted by molar-refractivity contribution is 5.81. The molecule has 1 saturated heterocycles. The third-order valence-corrected chi connectivity index (χ3v) is 1.62. The number of carbonyl (C=O) groups is 1. The minimum atomic E-state index is 0.0787. The van der Waals surface area contributed by atoms with E-state index in [2.05, 4.69) is 24.5 Å². The molecule has 3 heteroatoms. The van der Waals surface area contributed by atoms with E-state index in [0.717, 1.165) is 19.4 Å². The Balaban J connectivity index is 0.000000354. The van der Waals surface area contributed by atoms with Crippen LogP contribution in [-0.2, 0) is 4.79 Å². The number of likely N-dealkylation sites (N-methyl/N-ethyl adjacent to an activating group) is 1. The van der Waals surface area contributed by atoms with Gasteiger partial charge in [0.05, 0.1) is 6.04 Å². The van der Waals surface area contributed by atoms with Crippen molar-refractivity contribution in [1.82, 2.24) is 10.6 Å². The first-order chi connectivity index (χ1) is 5.76. The Bertz CT molecular complexity index is 120. The Morgan fingerprint density at radius 1 is 1.58 bits per heavy atom. The quantitative estimate of drug-likeness (QED) is 0.617. The standard InChI is InChI=1S/C6H12N2O.C3H8/c1-7-6(9)5-3-2-4-8-5;1-3-2/h5,8H,2-4H2,1H3,(H,7,9);3H2,1-2H3. The summed E-state index contributed by atoms with van der Waals surface area (Å²) in [4.78, 5) is 10.8. The number of nitrogens with one attached hydrogen (secondary N) is 2. The van der Waals surface area contributed by atoms with E-state index >= 15 is 0 Å². The van der Waals surface area contributed by atoms with E-state index in [1.807, 2.05) is 0 Å². The van der Waals surface area contributed by atoms with Gasteiger partial charge in [0.15, 0.2) is 0 Å². The van der Waals surface area contributed by atoms with E-state index in [-0.39, 0.29) is 11.9 Å². The number of rotatable bonds is 1. The zero-order valence-corrected chi connectivity index (χ0v) is 8.31. The van der Waals surface area contributed by atoms with Crippen molar-refractivity contribution >= 4 is 5.91 Å². The van der Waals surface area contributed by atoms with Crippen LogP contribution in [-0.4, -0.2) is 25.5 Å². The summed E-state index contributed by atoms with van der Waals surface area (Å²) in [5.41, 5.74) is 0. The normalized spacial score (nSPS) is 21.1. The van der Waals surface area contributed by atoms with Gasteiger partial charge in [-0.1, -0.05) is 20.3 Å². The fourth-order valence-corrected chi connectivity index (χ4v) is 1.08. The molecule has 1 fully saturated rings. The minimum absolute atomic E-state index is 0.0787. The Kier molecular flexibility index (Phi) is 6.76. The van der Waals surface area contributed by atoms with Crippen LogP contribution in [0.15, 0.2) is 0 Å². The summed E-state index contributed by atoms with van der Waals surface area (Å²) in [5, 5.41) is 5.70. The summed E-state index contributed by atoms with van der Waals surface area (Å²) < 4.78 is 0. The Hall–Kier alpha value is -0.570. The van der Waals surface area contributed by atoms with Crippen molar-refractivity contribution in [3.8, 4) is 0 Å². The van der Waals surface area contributed by atoms with Gasteiger partial charge in [-0.3, -0.25) is 4.79 Å². The van der Waals surface area contributed by atoms with Crippen LogP contribution in [0.4, 0.5) is 0 Å². The molecule has 1 rings (SSSR count). The Labute approximate surface area is 74.9 Å². The van der Waals surface area contributed by atoms with Gasteiger partial charge in [0.25, 0.3) is 0 Å². The highest BCUT2D eigenvalue weighted by Crippen LogP contribution is 2.03. The molecule has 1 heterocycles. The van der Waals surface area contributed by atoms with Gasteiger partial charge in [-0.05, 0) is 19.4 Å². The number of hydrogen-bond donors (Lipinski definition) is 2. The van der Waals surface area contributed by atoms with Crippen LogP contribution in [0.3, 0.4) is 0 Å². The average Bonchev–Trinajstić information content (AvgIpc) is 2.56. The fraction of sp³-hybridized carbons (Fsp3) is 0.889. The fourth-order valence-electron chi connectivity index (χ4n) is 1.08. The first-order valence-electron chi connectivity index (χ1n) is 4.71. The summed E-state index contributed by atoms with van der Waals surface area (Å²) in [6.45, 7) is 5.23. The summed E-state index contributed by atoms with van der Waals surface area (Å²) in [5.74, 6) is 0.118. The molecule has 2 N–H and O–H groups in total. The highest BCUT2D eigenvalue weighted by atomic mass is 16.2. The molecule has 0 saturated carbocycles. The zero-order chi connectivity index (χ0) is 9.40. The molecule has 1 unspecified atom stereocenters. The van der Waals surface area contributed by atoms with Gasteiger partial charge in [0.2, 0.25) is 5.91 Å². The largest absolute Gasteiger partial charge is 0.358 e. The van der Waals surface area contributed by atoms with Crippen molar-refractivity contribution in [2.75, 3.05) is 13.6 Å². The molecule has 1 aliphatic rings. The topological polar surface area (TPSA) is 41.1 Å². The van der Waals surface area contributed by atoms with E-state index in [4.69, 9.17) is 0 Å². The Morgan fingerprint density at radius 3 is 2.50 bits per heavy atom. The maximum Gasteiger partial charge on any atom is 0.236 e. The second kappa shape index (κ2) is 7.10. The second-order valence-corrected chi connectivity index (χ2v) is 2.97. The van der Waals surface area contributed by atoms with Crippen molar-refractivity contribution in [3.63, 3.8) is 0 Å². The SMILES string of the molecule is CCC.CNC(=O)C1CCCN1. The highest BCUT2D eigenvalue weighted by Gasteiger charge is 2.19. The smallest absolute Gasteiger partial charge is 0.236 e. The molecule has 72 valence electrons. The van der Waals surface area contributed by atoms with Gasteiger partial charge in [-0.15, -0.1) is 0 Å². The third-order valence-electron chi connectivity index (χ3n) is 1.62. The van der Waals surface area contributed by atoms with Gasteiger partial charge in [-0.25, -0.2) is 0 Å². The molecule has 3 nitrogen and oxygen atoms in total. The van der Waals surface area contributed by atoms with Crippen molar-refractivity contribution in [1.29, 1.82) is 0 Å². The van der Waals surface area contributed by atoms with Crippen molar-refractivity contribution in [2.45, 2.75) is 39.2 Å². The van der Waals surface area contributed by atoms with Gasteiger partial charge in [0, 0.05) is 7.05 Å². The number of amides is 1. The zero-order valence-electron chi connectivity index (χ0n) is 8.31. The van der Waals surface area contributed by atoms with Crippen molar-refractivity contribution in [2.24, 2.45) is 0 Å². The van der Waals surface area contributed by atoms with E-state index in [9.17, 15) is 4.79 Å². The molecule has 0 aromatic heterocycles. The van der Waals surface area contributed by atoms with Gasteiger partial charge < -0.3 is 10.6 Å². The Morgan fingerprint density at radius 2 is 2.17 bits per heavy atom. The van der Waals surface area contributed by atoms with E-state index in [1.165, 1.54) is 6.42 Å². The maximum atomic E-state index is 10.8. The molecule has 12 heavy (non-hydrogen) atoms. The molecule has 1 atom stereocenters. The van der Waals surface area contributed by atoms with Crippen LogP contribution in [0.2, 0.25) is 0 Å². The molecular formula is C9H20N2O. The van der Waals surface area contributed by atoms with Crippen LogP contribution in [0.25, 0.3) is 0 Å². The number of hydrogen-bond acceptors (Lipinski definition) is 2. The van der Waals surface area contributed by atoms with Crippen molar-refractivity contribution < 1.29 is 4.79 Å². The summed E-state index contributed by atoms with van der Waals surface area (Å²) in [6, 6.07) is 0.0787.